The molecule has 24 heavy (non-hydrogen) atoms. The molecule has 1 heterocycles. The molecule has 130 valence electrons. The summed E-state index contributed by atoms with van der Waals surface area (Å²) in [6.07, 6.45) is 1.98. The van der Waals surface area contributed by atoms with Crippen molar-refractivity contribution < 1.29 is 19.1 Å². The highest BCUT2D eigenvalue weighted by Gasteiger charge is 2.23. The van der Waals surface area contributed by atoms with Crippen molar-refractivity contribution in [2.75, 3.05) is 31.6 Å². The van der Waals surface area contributed by atoms with Gasteiger partial charge in [-0.3, -0.25) is 9.59 Å². The van der Waals surface area contributed by atoms with E-state index in [0.29, 0.717) is 41.9 Å². The van der Waals surface area contributed by atoms with Crippen LogP contribution in [0.25, 0.3) is 0 Å². The van der Waals surface area contributed by atoms with Gasteiger partial charge in [-0.1, -0.05) is 30.1 Å². The van der Waals surface area contributed by atoms with Crippen LogP contribution in [0.4, 0.5) is 5.69 Å². The van der Waals surface area contributed by atoms with Crippen molar-refractivity contribution in [2.24, 2.45) is 0 Å². The average molecular weight is 373 g/mol. The van der Waals surface area contributed by atoms with Crippen molar-refractivity contribution in [3.63, 3.8) is 0 Å². The maximum atomic E-state index is 12.4. The standard InChI is InChI=1S/C16H18Cl2N2O4/c1-2-5-20(16(22)14-10-23-6-7-24-14)9-15(21)19-13-8-11(17)3-4-12(13)18/h3-4,8,10H,2,5-7,9H2,1H3,(H,19,21). The molecule has 0 unspecified atom stereocenters. The Balaban J connectivity index is 2.03. The molecule has 2 amide bonds. The van der Waals surface area contributed by atoms with Gasteiger partial charge in [-0.2, -0.15) is 0 Å². The summed E-state index contributed by atoms with van der Waals surface area (Å²) in [6, 6.07) is 4.76. The van der Waals surface area contributed by atoms with Gasteiger partial charge in [0, 0.05) is 11.6 Å². The summed E-state index contributed by atoms with van der Waals surface area (Å²) in [4.78, 5) is 26.1. The lowest BCUT2D eigenvalue weighted by Gasteiger charge is -2.24. The van der Waals surface area contributed by atoms with Crippen LogP contribution >= 0.6 is 23.2 Å². The average Bonchev–Trinajstić information content (AvgIpc) is 2.58. The van der Waals surface area contributed by atoms with Crippen LogP contribution in [0.15, 0.2) is 30.2 Å². The maximum absolute atomic E-state index is 12.4. The Morgan fingerprint density at radius 3 is 2.75 bits per heavy atom. The molecule has 0 saturated heterocycles. The van der Waals surface area contributed by atoms with E-state index in [1.807, 2.05) is 6.92 Å². The van der Waals surface area contributed by atoms with E-state index in [9.17, 15) is 9.59 Å². The molecule has 0 radical (unpaired) electrons. The number of amides is 2. The number of halogens is 2. The van der Waals surface area contributed by atoms with E-state index in [2.05, 4.69) is 5.32 Å². The number of hydrogen-bond donors (Lipinski definition) is 1. The maximum Gasteiger partial charge on any atom is 0.292 e. The van der Waals surface area contributed by atoms with Crippen molar-refractivity contribution >= 4 is 40.7 Å². The van der Waals surface area contributed by atoms with E-state index >= 15 is 0 Å². The van der Waals surface area contributed by atoms with Gasteiger partial charge >= 0.3 is 0 Å². The normalized spacial score (nSPS) is 13.4. The summed E-state index contributed by atoms with van der Waals surface area (Å²) in [5.41, 5.74) is 0.398. The van der Waals surface area contributed by atoms with Gasteiger partial charge in [0.2, 0.25) is 11.7 Å². The number of ether oxygens (including phenoxy) is 2. The molecule has 1 N–H and O–H groups in total. The Bertz CT molecular complexity index is 649. The molecule has 6 nitrogen and oxygen atoms in total. The first-order valence-electron chi connectivity index (χ1n) is 7.50. The van der Waals surface area contributed by atoms with Gasteiger partial charge in [0.1, 0.15) is 26.0 Å². The number of carbonyl (C=O) groups is 2. The van der Waals surface area contributed by atoms with Crippen molar-refractivity contribution in [3.8, 4) is 0 Å². The fourth-order valence-electron chi connectivity index (χ4n) is 2.12. The van der Waals surface area contributed by atoms with Crippen LogP contribution in [0.3, 0.4) is 0 Å². The zero-order chi connectivity index (χ0) is 17.5. The second-order valence-corrected chi connectivity index (χ2v) is 5.94. The second-order valence-electron chi connectivity index (χ2n) is 5.10. The van der Waals surface area contributed by atoms with Crippen LogP contribution in [0.1, 0.15) is 13.3 Å². The van der Waals surface area contributed by atoms with Gasteiger partial charge < -0.3 is 19.7 Å². The number of nitrogens with one attached hydrogen (secondary N) is 1. The number of rotatable bonds is 6. The topological polar surface area (TPSA) is 67.9 Å². The molecule has 2 rings (SSSR count). The zero-order valence-electron chi connectivity index (χ0n) is 13.2. The lowest BCUT2D eigenvalue weighted by Crippen LogP contribution is -2.40. The first-order chi connectivity index (χ1) is 11.5. The summed E-state index contributed by atoms with van der Waals surface area (Å²) in [7, 11) is 0. The third-order valence-corrected chi connectivity index (χ3v) is 3.74. The van der Waals surface area contributed by atoms with Gasteiger partial charge in [0.15, 0.2) is 0 Å². The van der Waals surface area contributed by atoms with Gasteiger partial charge in [0.05, 0.1) is 10.7 Å². The molecule has 1 aliphatic heterocycles. The minimum Gasteiger partial charge on any atom is -0.494 e. The van der Waals surface area contributed by atoms with E-state index in [-0.39, 0.29) is 24.1 Å². The second kappa shape index (κ2) is 8.80. The quantitative estimate of drug-likeness (QED) is 0.832. The molecule has 1 aromatic rings. The Kier molecular flexibility index (Phi) is 6.75. The van der Waals surface area contributed by atoms with Gasteiger partial charge in [0.25, 0.3) is 5.91 Å². The third kappa shape index (κ3) is 5.04. The van der Waals surface area contributed by atoms with E-state index < -0.39 is 0 Å². The third-order valence-electron chi connectivity index (χ3n) is 3.18. The first kappa shape index (κ1) is 18.4. The molecule has 0 saturated carbocycles. The van der Waals surface area contributed by atoms with Crippen LogP contribution in [0.5, 0.6) is 0 Å². The van der Waals surface area contributed by atoms with Crippen LogP contribution in [0, 0.1) is 0 Å². The Labute approximate surface area is 150 Å². The molecule has 0 spiro atoms. The Morgan fingerprint density at radius 2 is 2.08 bits per heavy atom. The number of hydrogen-bond acceptors (Lipinski definition) is 4. The summed E-state index contributed by atoms with van der Waals surface area (Å²) >= 11 is 11.9. The van der Waals surface area contributed by atoms with Crippen molar-refractivity contribution in [1.82, 2.24) is 4.90 Å². The molecule has 0 aromatic heterocycles. The lowest BCUT2D eigenvalue weighted by molar-refractivity contribution is -0.135. The van der Waals surface area contributed by atoms with Crippen LogP contribution in [0.2, 0.25) is 10.0 Å². The monoisotopic (exact) mass is 372 g/mol. The van der Waals surface area contributed by atoms with Crippen molar-refractivity contribution in [3.05, 3.63) is 40.3 Å². The first-order valence-corrected chi connectivity index (χ1v) is 8.25. The SMILES string of the molecule is CCCN(CC(=O)Nc1cc(Cl)ccc1Cl)C(=O)C1=COCCO1. The molecule has 1 aromatic carbocycles. The largest absolute Gasteiger partial charge is 0.494 e. The van der Waals surface area contributed by atoms with Gasteiger partial charge in [-0.15, -0.1) is 0 Å². The molecular formula is C16H18Cl2N2O4. The predicted molar refractivity (Wildman–Crippen MR) is 91.9 cm³/mol. The lowest BCUT2D eigenvalue weighted by atomic mass is 10.3. The summed E-state index contributed by atoms with van der Waals surface area (Å²) < 4.78 is 10.4. The highest BCUT2D eigenvalue weighted by atomic mass is 35.5. The summed E-state index contributed by atoms with van der Waals surface area (Å²) in [5.74, 6) is -0.662. The molecule has 0 fully saturated rings. The zero-order valence-corrected chi connectivity index (χ0v) is 14.7. The van der Waals surface area contributed by atoms with Crippen molar-refractivity contribution in [2.45, 2.75) is 13.3 Å². The summed E-state index contributed by atoms with van der Waals surface area (Å²) in [6.45, 7) is 2.91. The van der Waals surface area contributed by atoms with Crippen LogP contribution in [-0.2, 0) is 19.1 Å². The van der Waals surface area contributed by atoms with Crippen LogP contribution < -0.4 is 5.32 Å². The number of nitrogens with zero attached hydrogens (tertiary/aromatic N) is 1. The molecule has 0 bridgehead atoms. The summed E-state index contributed by atoms with van der Waals surface area (Å²) in [5, 5.41) is 3.48. The van der Waals surface area contributed by atoms with Gasteiger partial charge in [-0.05, 0) is 24.6 Å². The number of benzene rings is 1. The van der Waals surface area contributed by atoms with Crippen LogP contribution in [-0.4, -0.2) is 43.0 Å². The van der Waals surface area contributed by atoms with Crippen molar-refractivity contribution in [1.29, 1.82) is 0 Å². The minimum absolute atomic E-state index is 0.100. The number of anilines is 1. The molecular weight excluding hydrogens is 355 g/mol. The molecule has 1 aliphatic rings. The highest BCUT2D eigenvalue weighted by molar-refractivity contribution is 6.35. The Hall–Kier alpha value is -1.92. The number of carbonyl (C=O) groups excluding carboxylic acids is 2. The fraction of sp³-hybridized carbons (Fsp3) is 0.375. The predicted octanol–water partition coefficient (Wildman–Crippen LogP) is 3.06. The van der Waals surface area contributed by atoms with E-state index in [1.165, 1.54) is 11.2 Å². The molecule has 0 aliphatic carbocycles. The Morgan fingerprint density at radius 1 is 1.29 bits per heavy atom. The fourth-order valence-corrected chi connectivity index (χ4v) is 2.45. The van der Waals surface area contributed by atoms with E-state index in [4.69, 9.17) is 32.7 Å². The highest BCUT2D eigenvalue weighted by Crippen LogP contribution is 2.25. The molecule has 8 heteroatoms. The van der Waals surface area contributed by atoms with Gasteiger partial charge in [-0.25, -0.2) is 0 Å². The minimum atomic E-state index is -0.385. The smallest absolute Gasteiger partial charge is 0.292 e. The molecule has 0 atom stereocenters. The van der Waals surface area contributed by atoms with E-state index in [0.717, 1.165) is 0 Å². The van der Waals surface area contributed by atoms with E-state index in [1.54, 1.807) is 18.2 Å².